The molecule has 0 aromatic heterocycles. The minimum absolute atomic E-state index is 0.00199. The largest absolute Gasteiger partial charge is 0.444 e. The van der Waals surface area contributed by atoms with Crippen molar-refractivity contribution in [1.29, 1.82) is 0 Å². The lowest BCUT2D eigenvalue weighted by molar-refractivity contribution is 0.0236. The number of ether oxygens (including phenoxy) is 1. The summed E-state index contributed by atoms with van der Waals surface area (Å²) in [5, 5.41) is 0. The lowest BCUT2D eigenvalue weighted by Gasteiger charge is -2.32. The van der Waals surface area contributed by atoms with Gasteiger partial charge in [0.05, 0.1) is 0 Å². The van der Waals surface area contributed by atoms with Crippen LogP contribution in [0.1, 0.15) is 79.3 Å². The molecule has 36 heavy (non-hydrogen) atoms. The number of rotatable bonds is 6. The number of hydrogen-bond acceptors (Lipinski definition) is 4. The van der Waals surface area contributed by atoms with Crippen molar-refractivity contribution < 1.29 is 19.1 Å². The molecule has 0 aliphatic carbocycles. The monoisotopic (exact) mass is 491 g/mol. The second-order valence-electron chi connectivity index (χ2n) is 9.95. The van der Waals surface area contributed by atoms with Gasteiger partial charge < -0.3 is 20.3 Å². The van der Waals surface area contributed by atoms with Crippen LogP contribution in [-0.4, -0.2) is 59.5 Å². The van der Waals surface area contributed by atoms with E-state index in [0.29, 0.717) is 50.1 Å². The van der Waals surface area contributed by atoms with Crippen molar-refractivity contribution in [3.8, 4) is 0 Å². The Morgan fingerprint density at radius 1 is 0.889 bits per heavy atom. The normalized spacial score (nSPS) is 13.8. The van der Waals surface area contributed by atoms with Crippen LogP contribution in [0.15, 0.2) is 54.1 Å². The molecule has 2 aromatic carbocycles. The first-order chi connectivity index (χ1) is 17.0. The molecule has 3 amide bonds. The number of amides is 3. The highest BCUT2D eigenvalue weighted by atomic mass is 16.6. The van der Waals surface area contributed by atoms with Crippen LogP contribution >= 0.6 is 0 Å². The van der Waals surface area contributed by atoms with Gasteiger partial charge in [0.2, 0.25) is 5.91 Å². The number of primary amides is 1. The Hall–Kier alpha value is -3.61. The zero-order valence-corrected chi connectivity index (χ0v) is 22.0. The molecule has 7 heteroatoms. The van der Waals surface area contributed by atoms with Gasteiger partial charge in [-0.15, -0.1) is 0 Å². The molecule has 0 spiro atoms. The Labute approximate surface area is 213 Å². The van der Waals surface area contributed by atoms with Gasteiger partial charge in [-0.3, -0.25) is 9.59 Å². The summed E-state index contributed by atoms with van der Waals surface area (Å²) < 4.78 is 5.54. The number of nitrogens with zero attached hydrogens (tertiary/aromatic N) is 2. The highest BCUT2D eigenvalue weighted by Crippen LogP contribution is 2.33. The van der Waals surface area contributed by atoms with Crippen molar-refractivity contribution in [3.05, 3.63) is 76.4 Å². The quantitative estimate of drug-likeness (QED) is 0.608. The molecule has 3 rings (SSSR count). The molecule has 2 N–H and O–H groups in total. The van der Waals surface area contributed by atoms with Crippen LogP contribution < -0.4 is 5.73 Å². The Bertz CT molecular complexity index is 1130. The first-order valence-corrected chi connectivity index (χ1v) is 12.5. The molecule has 0 atom stereocenters. The summed E-state index contributed by atoms with van der Waals surface area (Å²) in [4.78, 5) is 40.7. The molecular formula is C29H37N3O4. The topological polar surface area (TPSA) is 92.9 Å². The number of carbonyl (C=O) groups is 3. The Kier molecular flexibility index (Phi) is 8.56. The van der Waals surface area contributed by atoms with Crippen molar-refractivity contribution in [2.75, 3.05) is 26.2 Å². The Morgan fingerprint density at radius 2 is 1.44 bits per heavy atom. The van der Waals surface area contributed by atoms with Gasteiger partial charge in [-0.1, -0.05) is 29.8 Å². The van der Waals surface area contributed by atoms with Crippen LogP contribution in [0.4, 0.5) is 4.79 Å². The third-order valence-corrected chi connectivity index (χ3v) is 6.28. The Morgan fingerprint density at radius 3 is 1.97 bits per heavy atom. The van der Waals surface area contributed by atoms with Crippen LogP contribution in [-0.2, 0) is 4.74 Å². The lowest BCUT2D eigenvalue weighted by atomic mass is 9.87. The third kappa shape index (κ3) is 6.53. The fourth-order valence-electron chi connectivity index (χ4n) is 4.41. The third-order valence-electron chi connectivity index (χ3n) is 6.28. The number of piperidine rings is 1. The van der Waals surface area contributed by atoms with Gasteiger partial charge in [-0.25, -0.2) is 4.79 Å². The van der Waals surface area contributed by atoms with E-state index in [1.54, 1.807) is 21.9 Å². The van der Waals surface area contributed by atoms with Crippen LogP contribution in [0.2, 0.25) is 0 Å². The van der Waals surface area contributed by atoms with E-state index in [2.05, 4.69) is 0 Å². The van der Waals surface area contributed by atoms with Gasteiger partial charge in [-0.2, -0.15) is 0 Å². The first-order valence-electron chi connectivity index (χ1n) is 12.5. The van der Waals surface area contributed by atoms with E-state index in [0.717, 1.165) is 16.7 Å². The van der Waals surface area contributed by atoms with Crippen molar-refractivity contribution in [2.45, 2.75) is 53.1 Å². The molecule has 0 saturated carbocycles. The lowest BCUT2D eigenvalue weighted by Crippen LogP contribution is -2.40. The van der Waals surface area contributed by atoms with Crippen molar-refractivity contribution >= 4 is 23.5 Å². The predicted octanol–water partition coefficient (Wildman–Crippen LogP) is 5.10. The molecule has 1 fully saturated rings. The minimum atomic E-state index is -0.544. The average Bonchev–Trinajstić information content (AvgIpc) is 2.85. The molecule has 7 nitrogen and oxygen atoms in total. The van der Waals surface area contributed by atoms with Crippen molar-refractivity contribution in [2.24, 2.45) is 5.73 Å². The van der Waals surface area contributed by atoms with Crippen LogP contribution in [0.25, 0.3) is 5.57 Å². The van der Waals surface area contributed by atoms with E-state index in [1.165, 1.54) is 5.57 Å². The number of hydrogen-bond donors (Lipinski definition) is 1. The molecular weight excluding hydrogens is 454 g/mol. The minimum Gasteiger partial charge on any atom is -0.444 e. The fraction of sp³-hybridized carbons (Fsp3) is 0.414. The number of benzene rings is 2. The van der Waals surface area contributed by atoms with Gasteiger partial charge in [0.25, 0.3) is 5.91 Å². The molecule has 192 valence electrons. The number of nitrogens with two attached hydrogens (primary N) is 1. The summed E-state index contributed by atoms with van der Waals surface area (Å²) >= 11 is 0. The van der Waals surface area contributed by atoms with Crippen LogP contribution in [0.5, 0.6) is 0 Å². The Balaban J connectivity index is 1.97. The molecule has 1 aliphatic heterocycles. The smallest absolute Gasteiger partial charge is 0.410 e. The van der Waals surface area contributed by atoms with Crippen molar-refractivity contribution in [1.82, 2.24) is 9.80 Å². The molecule has 1 aliphatic rings. The molecule has 0 radical (unpaired) electrons. The second-order valence-corrected chi connectivity index (χ2v) is 9.95. The molecule has 0 unspecified atom stereocenters. The van der Waals surface area contributed by atoms with E-state index < -0.39 is 11.5 Å². The fourth-order valence-corrected chi connectivity index (χ4v) is 4.41. The SMILES string of the molecule is CCN(CC)C(=O)c1ccc(C(=C2CCN(C(=O)OC(C)(C)C)CC2)c2cccc(C(N)=O)c2)cc1. The molecule has 2 aromatic rings. The maximum absolute atomic E-state index is 12.8. The second kappa shape index (κ2) is 11.4. The standard InChI is InChI=1S/C29H37N3O4/c1-6-31(7-2)27(34)22-13-11-20(12-14-22)25(23-9-8-10-24(19-23)26(30)33)21-15-17-32(18-16-21)28(35)36-29(3,4)5/h8-14,19H,6-7,15-18H2,1-5H3,(H2,30,33). The summed E-state index contributed by atoms with van der Waals surface area (Å²) in [5.74, 6) is -0.483. The summed E-state index contributed by atoms with van der Waals surface area (Å²) in [6.07, 6.45) is 1.04. The van der Waals surface area contributed by atoms with E-state index in [4.69, 9.17) is 10.5 Å². The molecule has 1 heterocycles. The highest BCUT2D eigenvalue weighted by Gasteiger charge is 2.26. The van der Waals surface area contributed by atoms with Gasteiger partial charge in [0, 0.05) is 37.3 Å². The van der Waals surface area contributed by atoms with Gasteiger partial charge in [0.1, 0.15) is 5.60 Å². The van der Waals surface area contributed by atoms with E-state index in [1.807, 2.05) is 71.0 Å². The zero-order chi connectivity index (χ0) is 26.5. The number of likely N-dealkylation sites (tertiary alicyclic amines) is 1. The summed E-state index contributed by atoms with van der Waals surface area (Å²) in [7, 11) is 0. The molecule has 0 bridgehead atoms. The van der Waals surface area contributed by atoms with Crippen LogP contribution in [0.3, 0.4) is 0 Å². The first kappa shape index (κ1) is 27.0. The van der Waals surface area contributed by atoms with Gasteiger partial charge >= 0.3 is 6.09 Å². The molecule has 1 saturated heterocycles. The van der Waals surface area contributed by atoms with E-state index in [-0.39, 0.29) is 12.0 Å². The van der Waals surface area contributed by atoms with E-state index in [9.17, 15) is 14.4 Å². The summed E-state index contributed by atoms with van der Waals surface area (Å²) in [6.45, 7) is 11.9. The average molecular weight is 492 g/mol. The van der Waals surface area contributed by atoms with Crippen LogP contribution in [0, 0.1) is 0 Å². The highest BCUT2D eigenvalue weighted by molar-refractivity contribution is 5.96. The summed E-state index contributed by atoms with van der Waals surface area (Å²) in [5.41, 5.74) is 10.1. The van der Waals surface area contributed by atoms with Gasteiger partial charge in [0.15, 0.2) is 0 Å². The maximum Gasteiger partial charge on any atom is 0.410 e. The van der Waals surface area contributed by atoms with Crippen molar-refractivity contribution in [3.63, 3.8) is 0 Å². The predicted molar refractivity (Wildman–Crippen MR) is 142 cm³/mol. The van der Waals surface area contributed by atoms with E-state index >= 15 is 0 Å². The summed E-state index contributed by atoms with van der Waals surface area (Å²) in [6, 6.07) is 14.9. The van der Waals surface area contributed by atoms with Gasteiger partial charge in [-0.05, 0) is 88.4 Å². The zero-order valence-electron chi connectivity index (χ0n) is 22.0. The maximum atomic E-state index is 12.8. The number of carbonyl (C=O) groups excluding carboxylic acids is 3.